The molecule has 0 aromatic heterocycles. The predicted molar refractivity (Wildman–Crippen MR) is 55.2 cm³/mol. The lowest BCUT2D eigenvalue weighted by Gasteiger charge is -2.05. The van der Waals surface area contributed by atoms with Gasteiger partial charge in [0, 0.05) is 17.3 Å². The van der Waals surface area contributed by atoms with Crippen molar-refractivity contribution in [3.05, 3.63) is 29.3 Å². The van der Waals surface area contributed by atoms with Gasteiger partial charge in [-0.2, -0.15) is 5.26 Å². The molecule has 1 aromatic rings. The van der Waals surface area contributed by atoms with Crippen LogP contribution in [0.1, 0.15) is 0 Å². The van der Waals surface area contributed by atoms with Gasteiger partial charge >= 0.3 is 0 Å². The van der Waals surface area contributed by atoms with Crippen LogP contribution in [0.15, 0.2) is 24.3 Å². The fourth-order valence-electron chi connectivity index (χ4n) is 0.821. The fourth-order valence-corrected chi connectivity index (χ4v) is 1.02. The van der Waals surface area contributed by atoms with Crippen molar-refractivity contribution in [3.8, 4) is 6.07 Å². The van der Waals surface area contributed by atoms with E-state index in [2.05, 4.69) is 5.32 Å². The lowest BCUT2D eigenvalue weighted by Crippen LogP contribution is -2.11. The van der Waals surface area contributed by atoms with E-state index in [1.165, 1.54) is 0 Å². The van der Waals surface area contributed by atoms with Crippen molar-refractivity contribution in [2.45, 2.75) is 5.38 Å². The van der Waals surface area contributed by atoms with Gasteiger partial charge in [-0.15, -0.1) is 11.6 Å². The zero-order valence-electron chi connectivity index (χ0n) is 6.80. The van der Waals surface area contributed by atoms with Crippen LogP contribution in [0.5, 0.6) is 0 Å². The standard InChI is InChI=1S/C9H8Cl2N2/c10-7-1-3-9(4-2-7)13-6-8(11)5-12/h1-4,8,13H,6H2. The Balaban J connectivity index is 2.47. The van der Waals surface area contributed by atoms with Crippen molar-refractivity contribution in [1.82, 2.24) is 0 Å². The summed E-state index contributed by atoms with van der Waals surface area (Å²) in [6, 6.07) is 9.15. The third-order valence-electron chi connectivity index (χ3n) is 1.47. The smallest absolute Gasteiger partial charge is 0.137 e. The molecule has 0 amide bonds. The van der Waals surface area contributed by atoms with Gasteiger partial charge in [0.25, 0.3) is 0 Å². The first kappa shape index (κ1) is 10.2. The number of hydrogen-bond acceptors (Lipinski definition) is 2. The molecule has 0 aliphatic carbocycles. The summed E-state index contributed by atoms with van der Waals surface area (Å²) in [7, 11) is 0. The van der Waals surface area contributed by atoms with Crippen molar-refractivity contribution >= 4 is 28.9 Å². The number of rotatable bonds is 3. The van der Waals surface area contributed by atoms with Crippen LogP contribution in [0.2, 0.25) is 5.02 Å². The number of benzene rings is 1. The second-order valence-electron chi connectivity index (χ2n) is 2.48. The summed E-state index contributed by atoms with van der Waals surface area (Å²) in [5.41, 5.74) is 0.908. The SMILES string of the molecule is N#CC(Cl)CNc1ccc(Cl)cc1. The maximum atomic E-state index is 8.41. The predicted octanol–water partition coefficient (Wildman–Crippen LogP) is 2.88. The molecule has 1 aromatic carbocycles. The van der Waals surface area contributed by atoms with Gasteiger partial charge in [0.2, 0.25) is 0 Å². The molecule has 0 saturated heterocycles. The number of alkyl halides is 1. The molecule has 0 aliphatic rings. The Morgan fingerprint density at radius 2 is 2.00 bits per heavy atom. The van der Waals surface area contributed by atoms with Crippen LogP contribution in [0, 0.1) is 11.3 Å². The Kier molecular flexibility index (Phi) is 3.88. The molecule has 0 aliphatic heterocycles. The number of hydrogen-bond donors (Lipinski definition) is 1. The summed E-state index contributed by atoms with van der Waals surface area (Å²) < 4.78 is 0. The van der Waals surface area contributed by atoms with Gasteiger partial charge in [0.15, 0.2) is 0 Å². The quantitative estimate of drug-likeness (QED) is 0.787. The molecule has 13 heavy (non-hydrogen) atoms. The van der Waals surface area contributed by atoms with Gasteiger partial charge in [-0.1, -0.05) is 11.6 Å². The average molecular weight is 215 g/mol. The highest BCUT2D eigenvalue weighted by atomic mass is 35.5. The molecule has 0 radical (unpaired) electrons. The first-order valence-electron chi connectivity index (χ1n) is 3.75. The van der Waals surface area contributed by atoms with Gasteiger partial charge in [-0.25, -0.2) is 0 Å². The second kappa shape index (κ2) is 4.96. The average Bonchev–Trinajstić information content (AvgIpc) is 2.16. The molecule has 1 N–H and O–H groups in total. The van der Waals surface area contributed by atoms with Crippen LogP contribution < -0.4 is 5.32 Å². The van der Waals surface area contributed by atoms with Crippen LogP contribution in [0.25, 0.3) is 0 Å². The Morgan fingerprint density at radius 3 is 2.54 bits per heavy atom. The molecular weight excluding hydrogens is 207 g/mol. The Morgan fingerprint density at radius 1 is 1.38 bits per heavy atom. The van der Waals surface area contributed by atoms with Crippen molar-refractivity contribution < 1.29 is 0 Å². The van der Waals surface area contributed by atoms with E-state index in [4.69, 9.17) is 28.5 Å². The van der Waals surface area contributed by atoms with Gasteiger partial charge < -0.3 is 5.32 Å². The number of anilines is 1. The van der Waals surface area contributed by atoms with Gasteiger partial charge in [-0.3, -0.25) is 0 Å². The van der Waals surface area contributed by atoms with E-state index in [1.807, 2.05) is 18.2 Å². The molecule has 2 nitrogen and oxygen atoms in total. The first-order valence-corrected chi connectivity index (χ1v) is 4.57. The Labute approximate surface area is 87.1 Å². The van der Waals surface area contributed by atoms with Gasteiger partial charge in [0.05, 0.1) is 6.07 Å². The minimum Gasteiger partial charge on any atom is -0.382 e. The molecule has 1 atom stereocenters. The maximum Gasteiger partial charge on any atom is 0.137 e. The van der Waals surface area contributed by atoms with E-state index in [0.29, 0.717) is 11.6 Å². The number of nitrogens with one attached hydrogen (secondary N) is 1. The van der Waals surface area contributed by atoms with E-state index >= 15 is 0 Å². The van der Waals surface area contributed by atoms with Gasteiger partial charge in [0.1, 0.15) is 5.38 Å². The minimum absolute atomic E-state index is 0.430. The molecule has 68 valence electrons. The van der Waals surface area contributed by atoms with Crippen molar-refractivity contribution in [2.24, 2.45) is 0 Å². The second-order valence-corrected chi connectivity index (χ2v) is 3.45. The van der Waals surface area contributed by atoms with Crippen LogP contribution in [0.4, 0.5) is 5.69 Å². The van der Waals surface area contributed by atoms with E-state index in [1.54, 1.807) is 12.1 Å². The molecular formula is C9H8Cl2N2. The normalized spacial score (nSPS) is 11.8. The summed E-state index contributed by atoms with van der Waals surface area (Å²) in [5, 5.41) is 11.6. The largest absolute Gasteiger partial charge is 0.382 e. The molecule has 4 heteroatoms. The lowest BCUT2D eigenvalue weighted by atomic mass is 10.3. The van der Waals surface area contributed by atoms with Crippen LogP contribution in [-0.4, -0.2) is 11.9 Å². The topological polar surface area (TPSA) is 35.8 Å². The highest BCUT2D eigenvalue weighted by Gasteiger charge is 2.00. The third kappa shape index (κ3) is 3.54. The van der Waals surface area contributed by atoms with Crippen molar-refractivity contribution in [3.63, 3.8) is 0 Å². The summed E-state index contributed by atoms with van der Waals surface area (Å²) >= 11 is 11.3. The monoisotopic (exact) mass is 214 g/mol. The van der Waals surface area contributed by atoms with E-state index < -0.39 is 5.38 Å². The molecule has 0 bridgehead atoms. The number of nitriles is 1. The molecule has 0 heterocycles. The van der Waals surface area contributed by atoms with Gasteiger partial charge in [-0.05, 0) is 24.3 Å². The van der Waals surface area contributed by atoms with E-state index in [9.17, 15) is 0 Å². The lowest BCUT2D eigenvalue weighted by molar-refractivity contribution is 1.08. The third-order valence-corrected chi connectivity index (χ3v) is 1.97. The first-order chi connectivity index (χ1) is 6.22. The van der Waals surface area contributed by atoms with Crippen LogP contribution in [-0.2, 0) is 0 Å². The van der Waals surface area contributed by atoms with Crippen molar-refractivity contribution in [2.75, 3.05) is 11.9 Å². The van der Waals surface area contributed by atoms with E-state index in [0.717, 1.165) is 5.69 Å². The highest BCUT2D eigenvalue weighted by Crippen LogP contribution is 2.13. The van der Waals surface area contributed by atoms with E-state index in [-0.39, 0.29) is 0 Å². The molecule has 1 unspecified atom stereocenters. The summed E-state index contributed by atoms with van der Waals surface area (Å²) in [6.45, 7) is 0.430. The van der Waals surface area contributed by atoms with Crippen LogP contribution in [0.3, 0.4) is 0 Å². The highest BCUT2D eigenvalue weighted by molar-refractivity contribution is 6.30. The summed E-state index contributed by atoms with van der Waals surface area (Å²) in [6.07, 6.45) is 0. The zero-order chi connectivity index (χ0) is 9.68. The maximum absolute atomic E-state index is 8.41. The molecule has 0 saturated carbocycles. The zero-order valence-corrected chi connectivity index (χ0v) is 8.31. The molecule has 1 rings (SSSR count). The number of nitrogens with zero attached hydrogens (tertiary/aromatic N) is 1. The molecule has 0 fully saturated rings. The molecule has 0 spiro atoms. The number of halogens is 2. The summed E-state index contributed by atoms with van der Waals surface area (Å²) in [5.74, 6) is 0. The Bertz CT molecular complexity index is 302. The van der Waals surface area contributed by atoms with Crippen LogP contribution >= 0.6 is 23.2 Å². The summed E-state index contributed by atoms with van der Waals surface area (Å²) in [4.78, 5) is 0. The fraction of sp³-hybridized carbons (Fsp3) is 0.222. The Hall–Kier alpha value is -0.910. The van der Waals surface area contributed by atoms with Crippen molar-refractivity contribution in [1.29, 1.82) is 5.26 Å². The minimum atomic E-state index is -0.504.